The van der Waals surface area contributed by atoms with E-state index in [2.05, 4.69) is 5.10 Å². The number of allylic oxidation sites excluding steroid dienone is 1. The number of benzene rings is 1. The Kier molecular flexibility index (Phi) is 3.65. The Labute approximate surface area is 113 Å². The van der Waals surface area contributed by atoms with Gasteiger partial charge in [0.25, 0.3) is 0 Å². The first kappa shape index (κ1) is 13.3. The third-order valence-electron chi connectivity index (χ3n) is 3.30. The van der Waals surface area contributed by atoms with Gasteiger partial charge in [-0.25, -0.2) is 0 Å². The first-order valence-corrected chi connectivity index (χ1v) is 6.28. The smallest absolute Gasteiger partial charge is 0.185 e. The zero-order valence-corrected chi connectivity index (χ0v) is 11.8. The number of aromatic nitrogens is 2. The van der Waals surface area contributed by atoms with Crippen LogP contribution in [0, 0.1) is 20.8 Å². The molecule has 0 aliphatic rings. The van der Waals surface area contributed by atoms with E-state index in [1.807, 2.05) is 62.8 Å². The number of aryl methyl sites for hydroxylation is 3. The second-order valence-electron chi connectivity index (χ2n) is 4.77. The van der Waals surface area contributed by atoms with Crippen molar-refractivity contribution in [2.24, 2.45) is 7.05 Å². The second-order valence-corrected chi connectivity index (χ2v) is 4.77. The van der Waals surface area contributed by atoms with Crippen molar-refractivity contribution in [1.29, 1.82) is 0 Å². The van der Waals surface area contributed by atoms with Gasteiger partial charge in [-0.1, -0.05) is 29.8 Å². The molecule has 3 nitrogen and oxygen atoms in total. The molecular weight excluding hydrogens is 236 g/mol. The SMILES string of the molecule is Cc1ccc(C(=O)C=Cc2c(C)nn(C)c2C)cc1. The topological polar surface area (TPSA) is 34.9 Å². The first-order valence-electron chi connectivity index (χ1n) is 6.28. The van der Waals surface area contributed by atoms with Gasteiger partial charge in [0, 0.05) is 23.9 Å². The van der Waals surface area contributed by atoms with Crippen molar-refractivity contribution in [2.75, 3.05) is 0 Å². The predicted octanol–water partition coefficient (Wildman–Crippen LogP) is 3.24. The Morgan fingerprint density at radius 2 is 1.79 bits per heavy atom. The number of hydrogen-bond donors (Lipinski definition) is 0. The van der Waals surface area contributed by atoms with Crippen LogP contribution >= 0.6 is 0 Å². The van der Waals surface area contributed by atoms with E-state index in [0.29, 0.717) is 5.56 Å². The van der Waals surface area contributed by atoms with Gasteiger partial charge in [0.15, 0.2) is 5.78 Å². The Hall–Kier alpha value is -2.16. The summed E-state index contributed by atoms with van der Waals surface area (Å²) in [6, 6.07) is 7.60. The fraction of sp³-hybridized carbons (Fsp3) is 0.250. The van der Waals surface area contributed by atoms with Gasteiger partial charge < -0.3 is 0 Å². The zero-order valence-electron chi connectivity index (χ0n) is 11.8. The van der Waals surface area contributed by atoms with Crippen LogP contribution in [0.2, 0.25) is 0 Å². The highest BCUT2D eigenvalue weighted by molar-refractivity contribution is 6.06. The van der Waals surface area contributed by atoms with Gasteiger partial charge in [-0.3, -0.25) is 9.48 Å². The molecule has 0 spiro atoms. The monoisotopic (exact) mass is 254 g/mol. The van der Waals surface area contributed by atoms with E-state index < -0.39 is 0 Å². The lowest BCUT2D eigenvalue weighted by molar-refractivity contribution is 0.104. The summed E-state index contributed by atoms with van der Waals surface area (Å²) in [6.07, 6.45) is 3.46. The lowest BCUT2D eigenvalue weighted by atomic mass is 10.1. The zero-order chi connectivity index (χ0) is 14.0. The molecule has 0 fully saturated rings. The molecule has 1 aromatic heterocycles. The highest BCUT2D eigenvalue weighted by atomic mass is 16.1. The molecule has 2 rings (SSSR count). The van der Waals surface area contributed by atoms with Crippen LogP contribution in [0.1, 0.15) is 32.9 Å². The fourth-order valence-corrected chi connectivity index (χ4v) is 2.00. The highest BCUT2D eigenvalue weighted by Gasteiger charge is 2.07. The van der Waals surface area contributed by atoms with Crippen LogP contribution in [-0.4, -0.2) is 15.6 Å². The van der Waals surface area contributed by atoms with Crippen LogP contribution in [0.25, 0.3) is 6.08 Å². The standard InChI is InChI=1S/C16H18N2O/c1-11-5-7-14(8-6-11)16(19)10-9-15-12(2)17-18(4)13(15)3/h5-10H,1-4H3. The minimum absolute atomic E-state index is 0.0163. The molecule has 0 aliphatic carbocycles. The summed E-state index contributed by atoms with van der Waals surface area (Å²) in [7, 11) is 1.90. The average Bonchev–Trinajstić information content (AvgIpc) is 2.62. The summed E-state index contributed by atoms with van der Waals surface area (Å²) in [5.41, 5.74) is 4.88. The van der Waals surface area contributed by atoms with Gasteiger partial charge in [-0.05, 0) is 32.9 Å². The number of carbonyl (C=O) groups excluding carboxylic acids is 1. The van der Waals surface area contributed by atoms with Gasteiger partial charge in [-0.15, -0.1) is 0 Å². The summed E-state index contributed by atoms with van der Waals surface area (Å²) in [6.45, 7) is 5.95. The summed E-state index contributed by atoms with van der Waals surface area (Å²) in [4.78, 5) is 12.0. The minimum atomic E-state index is 0.0163. The van der Waals surface area contributed by atoms with Gasteiger partial charge in [0.1, 0.15) is 0 Å². The average molecular weight is 254 g/mol. The van der Waals surface area contributed by atoms with E-state index in [1.165, 1.54) is 0 Å². The van der Waals surface area contributed by atoms with E-state index in [1.54, 1.807) is 6.08 Å². The molecule has 98 valence electrons. The van der Waals surface area contributed by atoms with Crippen LogP contribution in [-0.2, 0) is 7.05 Å². The van der Waals surface area contributed by atoms with Crippen LogP contribution in [0.3, 0.4) is 0 Å². The second kappa shape index (κ2) is 5.22. The van der Waals surface area contributed by atoms with Gasteiger partial charge in [0.05, 0.1) is 5.69 Å². The van der Waals surface area contributed by atoms with Crippen molar-refractivity contribution in [2.45, 2.75) is 20.8 Å². The summed E-state index contributed by atoms with van der Waals surface area (Å²) >= 11 is 0. The number of rotatable bonds is 3. The maximum atomic E-state index is 12.0. The highest BCUT2D eigenvalue weighted by Crippen LogP contribution is 2.14. The molecule has 3 heteroatoms. The molecule has 0 unspecified atom stereocenters. The molecule has 0 aliphatic heterocycles. The fourth-order valence-electron chi connectivity index (χ4n) is 2.00. The number of hydrogen-bond acceptors (Lipinski definition) is 2. The normalized spacial score (nSPS) is 11.2. The maximum Gasteiger partial charge on any atom is 0.185 e. The predicted molar refractivity (Wildman–Crippen MR) is 77.2 cm³/mol. The molecule has 19 heavy (non-hydrogen) atoms. The summed E-state index contributed by atoms with van der Waals surface area (Å²) < 4.78 is 1.82. The molecule has 0 atom stereocenters. The largest absolute Gasteiger partial charge is 0.289 e. The Morgan fingerprint density at radius 3 is 2.32 bits per heavy atom. The van der Waals surface area contributed by atoms with Crippen molar-refractivity contribution in [1.82, 2.24) is 9.78 Å². The van der Waals surface area contributed by atoms with Crippen LogP contribution < -0.4 is 0 Å². The number of carbonyl (C=O) groups is 1. The molecule has 1 aromatic carbocycles. The quantitative estimate of drug-likeness (QED) is 0.622. The third kappa shape index (κ3) is 2.81. The van der Waals surface area contributed by atoms with Crippen LogP contribution in [0.4, 0.5) is 0 Å². The molecule has 0 bridgehead atoms. The van der Waals surface area contributed by atoms with Crippen LogP contribution in [0.15, 0.2) is 30.3 Å². The Morgan fingerprint density at radius 1 is 1.16 bits per heavy atom. The van der Waals surface area contributed by atoms with Crippen molar-refractivity contribution >= 4 is 11.9 Å². The number of nitrogens with zero attached hydrogens (tertiary/aromatic N) is 2. The first-order chi connectivity index (χ1) is 8.99. The van der Waals surface area contributed by atoms with E-state index in [0.717, 1.165) is 22.5 Å². The summed E-state index contributed by atoms with van der Waals surface area (Å²) in [5.74, 6) is 0.0163. The maximum absolute atomic E-state index is 12.0. The lowest BCUT2D eigenvalue weighted by Gasteiger charge is -1.97. The van der Waals surface area contributed by atoms with Gasteiger partial charge in [0.2, 0.25) is 0 Å². The van der Waals surface area contributed by atoms with E-state index in [-0.39, 0.29) is 5.78 Å². The van der Waals surface area contributed by atoms with Crippen LogP contribution in [0.5, 0.6) is 0 Å². The van der Waals surface area contributed by atoms with Crippen molar-refractivity contribution in [3.05, 3.63) is 58.4 Å². The minimum Gasteiger partial charge on any atom is -0.289 e. The van der Waals surface area contributed by atoms with Crippen molar-refractivity contribution in [3.8, 4) is 0 Å². The summed E-state index contributed by atoms with van der Waals surface area (Å²) in [5, 5.41) is 4.33. The molecule has 0 radical (unpaired) electrons. The Balaban J connectivity index is 2.23. The molecule has 2 aromatic rings. The third-order valence-corrected chi connectivity index (χ3v) is 3.30. The molecule has 1 heterocycles. The lowest BCUT2D eigenvalue weighted by Crippen LogP contribution is -1.94. The van der Waals surface area contributed by atoms with Gasteiger partial charge in [-0.2, -0.15) is 5.10 Å². The van der Waals surface area contributed by atoms with Gasteiger partial charge >= 0.3 is 0 Å². The molecule has 0 amide bonds. The number of ketones is 1. The molecular formula is C16H18N2O. The van der Waals surface area contributed by atoms with Crippen molar-refractivity contribution in [3.63, 3.8) is 0 Å². The molecule has 0 saturated carbocycles. The molecule has 0 N–H and O–H groups in total. The van der Waals surface area contributed by atoms with E-state index >= 15 is 0 Å². The van der Waals surface area contributed by atoms with E-state index in [4.69, 9.17) is 0 Å². The molecule has 0 saturated heterocycles. The van der Waals surface area contributed by atoms with Crippen molar-refractivity contribution < 1.29 is 4.79 Å². The Bertz CT molecular complexity index is 634. The van der Waals surface area contributed by atoms with E-state index in [9.17, 15) is 4.79 Å².